The van der Waals surface area contributed by atoms with Crippen LogP contribution in [0.15, 0.2) is 36.0 Å². The Kier molecular flexibility index (Phi) is 3.11. The van der Waals surface area contributed by atoms with Crippen LogP contribution in [0.5, 0.6) is 0 Å². The zero-order valence-electron chi connectivity index (χ0n) is 12.3. The third kappa shape index (κ3) is 1.90. The highest BCUT2D eigenvalue weighted by atomic mass is 16.7. The van der Waals surface area contributed by atoms with Gasteiger partial charge in [-0.05, 0) is 40.2 Å². The molecule has 0 N–H and O–H groups in total. The number of hydrogen-bond acceptors (Lipinski definition) is 2. The molecule has 0 radical (unpaired) electrons. The number of allylic oxidation sites excluding steroid dienone is 6. The summed E-state index contributed by atoms with van der Waals surface area (Å²) in [5, 5.41) is -0.214. The van der Waals surface area contributed by atoms with Gasteiger partial charge >= 0.3 is 7.12 Å². The van der Waals surface area contributed by atoms with E-state index >= 15 is 0 Å². The van der Waals surface area contributed by atoms with E-state index in [4.69, 9.17) is 9.31 Å². The first-order chi connectivity index (χ1) is 8.23. The normalized spacial score (nSPS) is 35.4. The molecule has 1 heterocycles. The standard InChI is InChI=1S/C15H23BO2/c1-7-12-10-8-9-11-15(12,6)16-17-13(2,3)14(4,5)18-16/h7-11H,1-6H3/b12-7+/t15-/m0/s1. The Morgan fingerprint density at radius 2 is 1.56 bits per heavy atom. The summed E-state index contributed by atoms with van der Waals surface area (Å²) in [6, 6.07) is 0. The lowest BCUT2D eigenvalue weighted by atomic mass is 9.53. The molecule has 2 rings (SSSR count). The second-order valence-electron chi connectivity index (χ2n) is 6.33. The van der Waals surface area contributed by atoms with Gasteiger partial charge in [0.05, 0.1) is 11.2 Å². The lowest BCUT2D eigenvalue weighted by Gasteiger charge is -2.32. The quantitative estimate of drug-likeness (QED) is 0.653. The molecule has 0 aromatic rings. The summed E-state index contributed by atoms with van der Waals surface area (Å²) >= 11 is 0. The first kappa shape index (κ1) is 13.6. The van der Waals surface area contributed by atoms with Crippen molar-refractivity contribution in [3.05, 3.63) is 36.0 Å². The van der Waals surface area contributed by atoms with E-state index in [1.165, 1.54) is 5.57 Å². The number of hydrogen-bond donors (Lipinski definition) is 0. The molecule has 1 fully saturated rings. The van der Waals surface area contributed by atoms with Crippen LogP contribution in [-0.4, -0.2) is 18.3 Å². The zero-order valence-corrected chi connectivity index (χ0v) is 12.3. The smallest absolute Gasteiger partial charge is 0.402 e. The van der Waals surface area contributed by atoms with Gasteiger partial charge in [-0.3, -0.25) is 0 Å². The van der Waals surface area contributed by atoms with Crippen LogP contribution in [0, 0.1) is 0 Å². The van der Waals surface area contributed by atoms with E-state index in [0.717, 1.165) is 0 Å². The van der Waals surface area contributed by atoms with E-state index in [0.29, 0.717) is 0 Å². The SMILES string of the molecule is C/C=C1\C=CC=C[C@]1(C)B1OC(C)(C)C(C)(C)O1. The van der Waals surface area contributed by atoms with E-state index in [9.17, 15) is 0 Å². The van der Waals surface area contributed by atoms with Crippen LogP contribution in [-0.2, 0) is 9.31 Å². The molecule has 1 atom stereocenters. The van der Waals surface area contributed by atoms with Gasteiger partial charge in [-0.1, -0.05) is 37.3 Å². The average Bonchev–Trinajstić information content (AvgIpc) is 2.49. The molecule has 18 heavy (non-hydrogen) atoms. The molecule has 0 aromatic carbocycles. The van der Waals surface area contributed by atoms with Gasteiger partial charge in [0.2, 0.25) is 0 Å². The van der Waals surface area contributed by atoms with Crippen LogP contribution in [0.1, 0.15) is 41.5 Å². The largest absolute Gasteiger partial charge is 0.472 e. The van der Waals surface area contributed by atoms with Crippen molar-refractivity contribution >= 4 is 7.12 Å². The molecule has 2 nitrogen and oxygen atoms in total. The maximum absolute atomic E-state index is 6.19. The highest BCUT2D eigenvalue weighted by molar-refractivity contribution is 6.51. The molecule has 98 valence electrons. The Hall–Kier alpha value is -0.795. The zero-order chi connectivity index (χ0) is 13.6. The van der Waals surface area contributed by atoms with Crippen molar-refractivity contribution in [3.8, 4) is 0 Å². The van der Waals surface area contributed by atoms with Crippen molar-refractivity contribution in [1.82, 2.24) is 0 Å². The van der Waals surface area contributed by atoms with Crippen molar-refractivity contribution in [2.45, 2.75) is 58.1 Å². The number of rotatable bonds is 1. The minimum atomic E-state index is -0.283. The molecular weight excluding hydrogens is 223 g/mol. The molecule has 1 saturated heterocycles. The third-order valence-electron chi connectivity index (χ3n) is 4.51. The Morgan fingerprint density at radius 3 is 2.06 bits per heavy atom. The summed E-state index contributed by atoms with van der Waals surface area (Å²) in [4.78, 5) is 0. The van der Waals surface area contributed by atoms with E-state index in [2.05, 4.69) is 71.9 Å². The van der Waals surface area contributed by atoms with E-state index in [1.807, 2.05) is 0 Å². The fourth-order valence-corrected chi connectivity index (χ4v) is 2.40. The summed E-state index contributed by atoms with van der Waals surface area (Å²) in [5.74, 6) is 0. The van der Waals surface area contributed by atoms with Crippen LogP contribution in [0.2, 0.25) is 5.31 Å². The molecule has 1 aliphatic carbocycles. The fourth-order valence-electron chi connectivity index (χ4n) is 2.40. The maximum Gasteiger partial charge on any atom is 0.472 e. The lowest BCUT2D eigenvalue weighted by molar-refractivity contribution is 0.00578. The predicted octanol–water partition coefficient (Wildman–Crippen LogP) is 3.91. The van der Waals surface area contributed by atoms with E-state index in [1.54, 1.807) is 0 Å². The summed E-state index contributed by atoms with van der Waals surface area (Å²) in [6.07, 6.45) is 10.6. The lowest BCUT2D eigenvalue weighted by Crippen LogP contribution is -2.41. The molecule has 0 unspecified atom stereocenters. The highest BCUT2D eigenvalue weighted by Gasteiger charge is 2.58. The molecule has 0 amide bonds. The molecule has 0 spiro atoms. The van der Waals surface area contributed by atoms with Gasteiger partial charge < -0.3 is 9.31 Å². The Labute approximate surface area is 111 Å². The first-order valence-electron chi connectivity index (χ1n) is 6.61. The van der Waals surface area contributed by atoms with Crippen LogP contribution >= 0.6 is 0 Å². The van der Waals surface area contributed by atoms with Gasteiger partial charge in [0.15, 0.2) is 0 Å². The summed E-state index contributed by atoms with van der Waals surface area (Å²) < 4.78 is 12.4. The Bertz CT molecular complexity index is 416. The molecular formula is C15H23BO2. The topological polar surface area (TPSA) is 18.5 Å². The molecule has 0 bridgehead atoms. The molecule has 0 saturated carbocycles. The highest BCUT2D eigenvalue weighted by Crippen LogP contribution is 2.50. The molecule has 3 heteroatoms. The summed E-state index contributed by atoms with van der Waals surface area (Å²) in [7, 11) is -0.241. The molecule has 0 aromatic heterocycles. The Balaban J connectivity index is 2.34. The van der Waals surface area contributed by atoms with Crippen molar-refractivity contribution in [2.75, 3.05) is 0 Å². The minimum absolute atomic E-state index is 0.214. The van der Waals surface area contributed by atoms with Gasteiger partial charge in [-0.15, -0.1) is 0 Å². The van der Waals surface area contributed by atoms with Crippen LogP contribution in [0.4, 0.5) is 0 Å². The van der Waals surface area contributed by atoms with Crippen LogP contribution in [0.25, 0.3) is 0 Å². The second-order valence-corrected chi connectivity index (χ2v) is 6.33. The summed E-state index contributed by atoms with van der Waals surface area (Å²) in [5.41, 5.74) is 0.673. The minimum Gasteiger partial charge on any atom is -0.402 e. The van der Waals surface area contributed by atoms with E-state index in [-0.39, 0.29) is 23.6 Å². The monoisotopic (exact) mass is 246 g/mol. The van der Waals surface area contributed by atoms with Crippen molar-refractivity contribution in [2.24, 2.45) is 0 Å². The van der Waals surface area contributed by atoms with Gasteiger partial charge in [0.25, 0.3) is 0 Å². The average molecular weight is 246 g/mol. The van der Waals surface area contributed by atoms with Gasteiger partial charge in [-0.2, -0.15) is 0 Å². The second kappa shape index (κ2) is 4.11. The van der Waals surface area contributed by atoms with Gasteiger partial charge in [0.1, 0.15) is 0 Å². The first-order valence-corrected chi connectivity index (χ1v) is 6.61. The molecule has 1 aliphatic heterocycles. The predicted molar refractivity (Wildman–Crippen MR) is 76.5 cm³/mol. The Morgan fingerprint density at radius 1 is 1.00 bits per heavy atom. The summed E-state index contributed by atoms with van der Waals surface area (Å²) in [6.45, 7) is 12.6. The fraction of sp³-hybridized carbons (Fsp3) is 0.600. The van der Waals surface area contributed by atoms with Crippen molar-refractivity contribution in [1.29, 1.82) is 0 Å². The van der Waals surface area contributed by atoms with Crippen molar-refractivity contribution in [3.63, 3.8) is 0 Å². The van der Waals surface area contributed by atoms with E-state index < -0.39 is 0 Å². The maximum atomic E-state index is 6.19. The van der Waals surface area contributed by atoms with Crippen LogP contribution < -0.4 is 0 Å². The van der Waals surface area contributed by atoms with Crippen molar-refractivity contribution < 1.29 is 9.31 Å². The van der Waals surface area contributed by atoms with Gasteiger partial charge in [-0.25, -0.2) is 0 Å². The van der Waals surface area contributed by atoms with Gasteiger partial charge in [0, 0.05) is 5.31 Å². The third-order valence-corrected chi connectivity index (χ3v) is 4.51. The van der Waals surface area contributed by atoms with Crippen LogP contribution in [0.3, 0.4) is 0 Å². The molecule has 2 aliphatic rings.